The number of ether oxygens (including phenoxy) is 1. The van der Waals surface area contributed by atoms with Crippen LogP contribution in [0.5, 0.6) is 0 Å². The summed E-state index contributed by atoms with van der Waals surface area (Å²) in [6, 6.07) is 3.40. The molecule has 1 aromatic heterocycles. The number of likely N-dealkylation sites (N-methyl/N-ethyl adjacent to an activating group) is 1. The molecule has 0 fully saturated rings. The van der Waals surface area contributed by atoms with E-state index in [1.54, 1.807) is 51.0 Å². The van der Waals surface area contributed by atoms with Crippen LogP contribution < -0.4 is 5.32 Å². The Hall–Kier alpha value is -1.56. The minimum Gasteiger partial charge on any atom is -0.444 e. The third kappa shape index (κ3) is 5.33. The lowest BCUT2D eigenvalue weighted by molar-refractivity contribution is -0.133. The van der Waals surface area contributed by atoms with Crippen molar-refractivity contribution in [3.05, 3.63) is 21.9 Å². The first-order chi connectivity index (χ1) is 10.0. The van der Waals surface area contributed by atoms with E-state index in [2.05, 4.69) is 5.32 Å². The Labute approximate surface area is 136 Å². The summed E-state index contributed by atoms with van der Waals surface area (Å²) >= 11 is 1.67. The highest BCUT2D eigenvalue weighted by Crippen LogP contribution is 2.26. The van der Waals surface area contributed by atoms with Crippen LogP contribution in [0, 0.1) is 6.92 Å². The molecule has 0 aliphatic carbocycles. The van der Waals surface area contributed by atoms with E-state index < -0.39 is 17.7 Å². The molecular formula is C16H26N2O3S. The van der Waals surface area contributed by atoms with E-state index >= 15 is 0 Å². The standard InChI is InChI=1S/C16H26N2O3S/c1-10-8-9-13(22-10)12(3)18(7)14(19)11(2)17-15(20)21-16(4,5)6/h8-9,11-12H,1-7H3,(H,17,20)/t11-,12-/m1/s1. The number of aryl methyl sites for hydroxylation is 1. The zero-order chi connectivity index (χ0) is 17.1. The van der Waals surface area contributed by atoms with Crippen molar-refractivity contribution in [2.75, 3.05) is 7.05 Å². The summed E-state index contributed by atoms with van der Waals surface area (Å²) in [5.41, 5.74) is -0.583. The van der Waals surface area contributed by atoms with Gasteiger partial charge >= 0.3 is 6.09 Å². The van der Waals surface area contributed by atoms with Crippen molar-refractivity contribution < 1.29 is 14.3 Å². The molecule has 22 heavy (non-hydrogen) atoms. The maximum absolute atomic E-state index is 12.4. The van der Waals surface area contributed by atoms with Crippen molar-refractivity contribution in [3.8, 4) is 0 Å². The first-order valence-corrected chi connectivity index (χ1v) is 8.15. The van der Waals surface area contributed by atoms with Crippen LogP contribution in [0.25, 0.3) is 0 Å². The quantitative estimate of drug-likeness (QED) is 0.921. The maximum Gasteiger partial charge on any atom is 0.408 e. The molecule has 0 saturated carbocycles. The highest BCUT2D eigenvalue weighted by Gasteiger charge is 2.26. The molecule has 6 heteroatoms. The first-order valence-electron chi connectivity index (χ1n) is 7.34. The highest BCUT2D eigenvalue weighted by molar-refractivity contribution is 7.12. The molecule has 0 aromatic carbocycles. The summed E-state index contributed by atoms with van der Waals surface area (Å²) in [6.45, 7) is 11.0. The molecule has 0 aliphatic rings. The lowest BCUT2D eigenvalue weighted by Gasteiger charge is -2.28. The minimum absolute atomic E-state index is 0.0333. The van der Waals surface area contributed by atoms with Crippen LogP contribution >= 0.6 is 11.3 Å². The normalized spacial score (nSPS) is 14.1. The fourth-order valence-electron chi connectivity index (χ4n) is 1.91. The Morgan fingerprint density at radius 3 is 2.32 bits per heavy atom. The fraction of sp³-hybridized carbons (Fsp3) is 0.625. The van der Waals surface area contributed by atoms with Crippen molar-refractivity contribution in [3.63, 3.8) is 0 Å². The van der Waals surface area contributed by atoms with E-state index in [1.165, 1.54) is 4.88 Å². The molecule has 1 N–H and O–H groups in total. The summed E-state index contributed by atoms with van der Waals surface area (Å²) in [5.74, 6) is -0.149. The van der Waals surface area contributed by atoms with E-state index in [0.717, 1.165) is 4.88 Å². The van der Waals surface area contributed by atoms with Gasteiger partial charge in [0.1, 0.15) is 11.6 Å². The van der Waals surface area contributed by atoms with Gasteiger partial charge in [-0.15, -0.1) is 11.3 Å². The van der Waals surface area contributed by atoms with Crippen molar-refractivity contribution in [2.24, 2.45) is 0 Å². The number of rotatable bonds is 4. The molecule has 0 saturated heterocycles. The molecule has 124 valence electrons. The predicted octanol–water partition coefficient (Wildman–Crippen LogP) is 3.49. The van der Waals surface area contributed by atoms with Gasteiger partial charge in [0.2, 0.25) is 5.91 Å². The predicted molar refractivity (Wildman–Crippen MR) is 89.1 cm³/mol. The van der Waals surface area contributed by atoms with Gasteiger partial charge in [0, 0.05) is 16.8 Å². The minimum atomic E-state index is -0.636. The first kappa shape index (κ1) is 18.5. The van der Waals surface area contributed by atoms with Crippen molar-refractivity contribution >= 4 is 23.3 Å². The molecule has 1 heterocycles. The number of nitrogens with one attached hydrogen (secondary N) is 1. The van der Waals surface area contributed by atoms with Crippen LogP contribution in [0.15, 0.2) is 12.1 Å². The molecule has 0 radical (unpaired) electrons. The van der Waals surface area contributed by atoms with E-state index in [4.69, 9.17) is 4.74 Å². The van der Waals surface area contributed by atoms with Gasteiger partial charge in [-0.3, -0.25) is 4.79 Å². The average molecular weight is 326 g/mol. The molecule has 2 atom stereocenters. The number of hydrogen-bond donors (Lipinski definition) is 1. The molecule has 0 bridgehead atoms. The fourth-order valence-corrected chi connectivity index (χ4v) is 2.88. The zero-order valence-electron chi connectivity index (χ0n) is 14.4. The molecular weight excluding hydrogens is 300 g/mol. The van der Waals surface area contributed by atoms with E-state index in [0.29, 0.717) is 0 Å². The molecule has 0 spiro atoms. The lowest BCUT2D eigenvalue weighted by Crippen LogP contribution is -2.47. The van der Waals surface area contributed by atoms with Gasteiger partial charge in [-0.25, -0.2) is 4.79 Å². The Kier molecular flexibility index (Phi) is 6.00. The highest BCUT2D eigenvalue weighted by atomic mass is 32.1. The number of carbonyl (C=O) groups excluding carboxylic acids is 2. The van der Waals surface area contributed by atoms with Crippen molar-refractivity contribution in [1.29, 1.82) is 0 Å². The second-order valence-electron chi connectivity index (χ2n) is 6.44. The van der Waals surface area contributed by atoms with E-state index in [9.17, 15) is 9.59 Å². The Morgan fingerprint density at radius 2 is 1.86 bits per heavy atom. The topological polar surface area (TPSA) is 58.6 Å². The molecule has 0 aliphatic heterocycles. The van der Waals surface area contributed by atoms with Crippen LogP contribution in [0.2, 0.25) is 0 Å². The summed E-state index contributed by atoms with van der Waals surface area (Å²) in [6.07, 6.45) is -0.582. The maximum atomic E-state index is 12.4. The molecule has 2 amide bonds. The van der Waals surface area contributed by atoms with Gasteiger partial charge in [0.15, 0.2) is 0 Å². The molecule has 1 rings (SSSR count). The van der Waals surface area contributed by atoms with Crippen LogP contribution in [-0.4, -0.2) is 35.6 Å². The Balaban J connectivity index is 2.64. The van der Waals surface area contributed by atoms with Crippen LogP contribution in [0.4, 0.5) is 4.79 Å². The smallest absolute Gasteiger partial charge is 0.408 e. The monoisotopic (exact) mass is 326 g/mol. The largest absolute Gasteiger partial charge is 0.444 e. The third-order valence-electron chi connectivity index (χ3n) is 3.21. The van der Waals surface area contributed by atoms with Crippen LogP contribution in [0.1, 0.15) is 50.4 Å². The average Bonchev–Trinajstić information content (AvgIpc) is 2.80. The van der Waals surface area contributed by atoms with Gasteiger partial charge < -0.3 is 15.0 Å². The van der Waals surface area contributed by atoms with E-state index in [-0.39, 0.29) is 11.9 Å². The van der Waals surface area contributed by atoms with Crippen LogP contribution in [0.3, 0.4) is 0 Å². The number of alkyl carbamates (subject to hydrolysis) is 1. The summed E-state index contributed by atoms with van der Waals surface area (Å²) in [4.78, 5) is 28.1. The number of thiophene rings is 1. The SMILES string of the molecule is Cc1ccc([C@@H](C)N(C)C(=O)[C@@H](C)NC(=O)OC(C)(C)C)s1. The summed E-state index contributed by atoms with van der Waals surface area (Å²) in [5, 5.41) is 2.58. The zero-order valence-corrected chi connectivity index (χ0v) is 15.2. The second kappa shape index (κ2) is 7.13. The molecule has 1 aromatic rings. The van der Waals surface area contributed by atoms with E-state index in [1.807, 2.05) is 26.0 Å². The van der Waals surface area contributed by atoms with Crippen molar-refractivity contribution in [2.45, 2.75) is 59.2 Å². The number of nitrogens with zero attached hydrogens (tertiary/aromatic N) is 1. The number of hydrogen-bond acceptors (Lipinski definition) is 4. The van der Waals surface area contributed by atoms with Gasteiger partial charge in [0.25, 0.3) is 0 Å². The van der Waals surface area contributed by atoms with Gasteiger partial charge in [-0.05, 0) is 53.7 Å². The van der Waals surface area contributed by atoms with Gasteiger partial charge in [0.05, 0.1) is 6.04 Å². The van der Waals surface area contributed by atoms with Crippen LogP contribution in [-0.2, 0) is 9.53 Å². The number of carbonyl (C=O) groups is 2. The summed E-state index contributed by atoms with van der Waals surface area (Å²) < 4.78 is 5.17. The Bertz CT molecular complexity index is 534. The van der Waals surface area contributed by atoms with Gasteiger partial charge in [-0.1, -0.05) is 0 Å². The lowest BCUT2D eigenvalue weighted by atomic mass is 10.2. The molecule has 5 nitrogen and oxygen atoms in total. The number of amides is 2. The second-order valence-corrected chi connectivity index (χ2v) is 7.76. The van der Waals surface area contributed by atoms with Gasteiger partial charge in [-0.2, -0.15) is 0 Å². The third-order valence-corrected chi connectivity index (χ3v) is 4.38. The van der Waals surface area contributed by atoms with Crippen molar-refractivity contribution in [1.82, 2.24) is 10.2 Å². The molecule has 0 unspecified atom stereocenters. The summed E-state index contributed by atoms with van der Waals surface area (Å²) in [7, 11) is 1.75. The Morgan fingerprint density at radius 1 is 1.27 bits per heavy atom.